The number of carbonyl (C=O) groups excluding carboxylic acids is 1. The van der Waals surface area contributed by atoms with E-state index in [2.05, 4.69) is 10.0 Å². The molecule has 140 valence electrons. The normalized spacial score (nSPS) is 17.1. The van der Waals surface area contributed by atoms with Crippen LogP contribution in [0.4, 0.5) is 0 Å². The molecular formula is C17H27N3O4S. The van der Waals surface area contributed by atoms with E-state index in [1.54, 1.807) is 24.1 Å². The second-order valence-corrected chi connectivity index (χ2v) is 7.81. The molecule has 1 aromatic rings. The lowest BCUT2D eigenvalue weighted by molar-refractivity contribution is 0.0766. The van der Waals surface area contributed by atoms with Crippen LogP contribution in [0.1, 0.15) is 30.1 Å². The van der Waals surface area contributed by atoms with Crippen molar-refractivity contribution in [2.45, 2.75) is 30.8 Å². The summed E-state index contributed by atoms with van der Waals surface area (Å²) in [7, 11) is -2.13. The number of rotatable bonds is 7. The number of benzene rings is 1. The van der Waals surface area contributed by atoms with Gasteiger partial charge in [0.1, 0.15) is 0 Å². The van der Waals surface area contributed by atoms with Gasteiger partial charge in [0.2, 0.25) is 10.0 Å². The topological polar surface area (TPSA) is 87.7 Å². The zero-order valence-electron chi connectivity index (χ0n) is 14.8. The standard InChI is InChI=1S/C17H27N3O4S/c1-3-15(24-2)13-19-25(22,23)16-7-4-6-14(12-16)17(21)20-10-5-8-18-9-11-20/h4,6-7,12,15,18-19H,3,5,8-11,13H2,1-2H3/t15-/m1/s1. The van der Waals surface area contributed by atoms with E-state index in [4.69, 9.17) is 4.74 Å². The molecule has 1 atom stereocenters. The molecule has 0 radical (unpaired) electrons. The summed E-state index contributed by atoms with van der Waals surface area (Å²) in [4.78, 5) is 14.5. The van der Waals surface area contributed by atoms with E-state index in [1.807, 2.05) is 6.92 Å². The lowest BCUT2D eigenvalue weighted by Crippen LogP contribution is -2.35. The van der Waals surface area contributed by atoms with Crippen LogP contribution in [0.3, 0.4) is 0 Å². The summed E-state index contributed by atoms with van der Waals surface area (Å²) in [6, 6.07) is 6.20. The minimum Gasteiger partial charge on any atom is -0.380 e. The van der Waals surface area contributed by atoms with E-state index in [0.29, 0.717) is 25.1 Å². The van der Waals surface area contributed by atoms with Crippen molar-refractivity contribution in [2.24, 2.45) is 0 Å². The van der Waals surface area contributed by atoms with E-state index in [0.717, 1.165) is 19.5 Å². The van der Waals surface area contributed by atoms with Gasteiger partial charge in [0.15, 0.2) is 0 Å². The van der Waals surface area contributed by atoms with E-state index < -0.39 is 10.0 Å². The molecule has 0 aliphatic carbocycles. The third kappa shape index (κ3) is 5.50. The van der Waals surface area contributed by atoms with E-state index in [1.165, 1.54) is 12.1 Å². The van der Waals surface area contributed by atoms with Crippen molar-refractivity contribution in [1.29, 1.82) is 0 Å². The monoisotopic (exact) mass is 369 g/mol. The first kappa shape index (κ1) is 19.8. The van der Waals surface area contributed by atoms with Crippen molar-refractivity contribution in [3.63, 3.8) is 0 Å². The molecule has 1 heterocycles. The molecule has 7 nitrogen and oxygen atoms in total. The molecule has 0 unspecified atom stereocenters. The Labute approximate surface area is 149 Å². The number of sulfonamides is 1. The zero-order chi connectivity index (χ0) is 18.3. The van der Waals surface area contributed by atoms with Crippen LogP contribution in [-0.2, 0) is 14.8 Å². The second-order valence-electron chi connectivity index (χ2n) is 6.04. The van der Waals surface area contributed by atoms with E-state index in [9.17, 15) is 13.2 Å². The number of nitrogens with zero attached hydrogens (tertiary/aromatic N) is 1. The van der Waals surface area contributed by atoms with Gasteiger partial charge in [-0.15, -0.1) is 0 Å². The van der Waals surface area contributed by atoms with Crippen LogP contribution in [0.5, 0.6) is 0 Å². The van der Waals surface area contributed by atoms with Gasteiger partial charge in [0.25, 0.3) is 5.91 Å². The Hall–Kier alpha value is -1.48. The molecule has 0 spiro atoms. The summed E-state index contributed by atoms with van der Waals surface area (Å²) in [5, 5.41) is 3.25. The zero-order valence-corrected chi connectivity index (χ0v) is 15.6. The summed E-state index contributed by atoms with van der Waals surface area (Å²) < 4.78 is 32.7. The van der Waals surface area contributed by atoms with Gasteiger partial charge in [-0.3, -0.25) is 4.79 Å². The molecule has 1 saturated heterocycles. The summed E-state index contributed by atoms with van der Waals surface area (Å²) >= 11 is 0. The highest BCUT2D eigenvalue weighted by molar-refractivity contribution is 7.89. The fourth-order valence-electron chi connectivity index (χ4n) is 2.71. The van der Waals surface area contributed by atoms with Gasteiger partial charge in [-0.05, 0) is 37.6 Å². The van der Waals surface area contributed by atoms with Crippen molar-refractivity contribution in [1.82, 2.24) is 14.9 Å². The Morgan fingerprint density at radius 1 is 1.36 bits per heavy atom. The maximum absolute atomic E-state index is 12.7. The molecule has 1 fully saturated rings. The predicted octanol–water partition coefficient (Wildman–Crippen LogP) is 0.825. The molecule has 1 aliphatic rings. The highest BCUT2D eigenvalue weighted by Crippen LogP contribution is 2.14. The first-order chi connectivity index (χ1) is 12.0. The fraction of sp³-hybridized carbons (Fsp3) is 0.588. The molecular weight excluding hydrogens is 342 g/mol. The fourth-order valence-corrected chi connectivity index (χ4v) is 3.82. The molecule has 1 aliphatic heterocycles. The SMILES string of the molecule is CC[C@H](CNS(=O)(=O)c1cccc(C(=O)N2CCCNCC2)c1)OC. The molecule has 2 N–H and O–H groups in total. The van der Waals surface area contributed by atoms with Crippen molar-refractivity contribution in [3.05, 3.63) is 29.8 Å². The average Bonchev–Trinajstić information content (AvgIpc) is 2.91. The molecule has 25 heavy (non-hydrogen) atoms. The molecule has 0 aromatic heterocycles. The number of ether oxygens (including phenoxy) is 1. The first-order valence-electron chi connectivity index (χ1n) is 8.60. The lowest BCUT2D eigenvalue weighted by Gasteiger charge is -2.20. The predicted molar refractivity (Wildman–Crippen MR) is 96.1 cm³/mol. The van der Waals surface area contributed by atoms with Crippen LogP contribution in [0.25, 0.3) is 0 Å². The number of carbonyl (C=O) groups is 1. The first-order valence-corrected chi connectivity index (χ1v) is 10.1. The Morgan fingerprint density at radius 2 is 2.16 bits per heavy atom. The Bertz CT molecular complexity index is 666. The second kappa shape index (κ2) is 9.28. The van der Waals surface area contributed by atoms with E-state index >= 15 is 0 Å². The molecule has 0 saturated carbocycles. The summed E-state index contributed by atoms with van der Waals surface area (Å²) in [5.74, 6) is -0.135. The number of amides is 1. The van der Waals surface area contributed by atoms with E-state index in [-0.39, 0.29) is 23.5 Å². The van der Waals surface area contributed by atoms with Crippen molar-refractivity contribution in [3.8, 4) is 0 Å². The van der Waals surface area contributed by atoms with Crippen LogP contribution in [0, 0.1) is 0 Å². The summed E-state index contributed by atoms with van der Waals surface area (Å²) in [6.07, 6.45) is 1.42. The molecule has 8 heteroatoms. The molecule has 2 rings (SSSR count). The van der Waals surface area contributed by atoms with Crippen LogP contribution >= 0.6 is 0 Å². The minimum atomic E-state index is -3.68. The molecule has 1 aromatic carbocycles. The minimum absolute atomic E-state index is 0.0947. The number of methoxy groups -OCH3 is 1. The third-order valence-corrected chi connectivity index (χ3v) is 5.73. The largest absolute Gasteiger partial charge is 0.380 e. The molecule has 0 bridgehead atoms. The highest BCUT2D eigenvalue weighted by Gasteiger charge is 2.21. The lowest BCUT2D eigenvalue weighted by atomic mass is 10.2. The Morgan fingerprint density at radius 3 is 2.88 bits per heavy atom. The van der Waals surface area contributed by atoms with Crippen LogP contribution in [0.2, 0.25) is 0 Å². The highest BCUT2D eigenvalue weighted by atomic mass is 32.2. The van der Waals surface area contributed by atoms with Crippen molar-refractivity contribution < 1.29 is 17.9 Å². The summed E-state index contributed by atoms with van der Waals surface area (Å²) in [5.41, 5.74) is 0.392. The Kier molecular flexibility index (Phi) is 7.37. The maximum atomic E-state index is 12.7. The average molecular weight is 369 g/mol. The number of nitrogens with one attached hydrogen (secondary N) is 2. The van der Waals surface area contributed by atoms with Gasteiger partial charge in [-0.1, -0.05) is 13.0 Å². The summed E-state index contributed by atoms with van der Waals surface area (Å²) in [6.45, 7) is 5.07. The number of hydrogen-bond donors (Lipinski definition) is 2. The maximum Gasteiger partial charge on any atom is 0.253 e. The van der Waals surface area contributed by atoms with Gasteiger partial charge in [-0.2, -0.15) is 0 Å². The van der Waals surface area contributed by atoms with Crippen LogP contribution in [0.15, 0.2) is 29.2 Å². The third-order valence-electron chi connectivity index (χ3n) is 4.31. The van der Waals surface area contributed by atoms with Crippen LogP contribution in [-0.4, -0.2) is 65.2 Å². The van der Waals surface area contributed by atoms with Crippen molar-refractivity contribution >= 4 is 15.9 Å². The Balaban J connectivity index is 2.12. The quantitative estimate of drug-likeness (QED) is 0.743. The van der Waals surface area contributed by atoms with Gasteiger partial charge in [0.05, 0.1) is 11.0 Å². The van der Waals surface area contributed by atoms with Gasteiger partial charge in [-0.25, -0.2) is 13.1 Å². The number of hydrogen-bond acceptors (Lipinski definition) is 5. The molecule has 1 amide bonds. The van der Waals surface area contributed by atoms with Gasteiger partial charge >= 0.3 is 0 Å². The smallest absolute Gasteiger partial charge is 0.253 e. The van der Waals surface area contributed by atoms with Crippen molar-refractivity contribution in [2.75, 3.05) is 39.8 Å². The van der Waals surface area contributed by atoms with Gasteiger partial charge < -0.3 is 15.0 Å². The van der Waals surface area contributed by atoms with Gasteiger partial charge in [0, 0.05) is 38.9 Å². The van der Waals surface area contributed by atoms with Crippen LogP contribution < -0.4 is 10.0 Å².